The van der Waals surface area contributed by atoms with E-state index in [0.29, 0.717) is 0 Å². The number of nitrogens with zero attached hydrogens (tertiary/aromatic N) is 2. The SMILES string of the molecule is CS(=O)(=O)c1cc(-c2cc(S(C)(=O)=O)[nH]c(=S)n2)nc(=S)[nH]1. The summed E-state index contributed by atoms with van der Waals surface area (Å²) in [6.45, 7) is 0. The summed E-state index contributed by atoms with van der Waals surface area (Å²) in [6.07, 6.45) is 2.01. The summed E-state index contributed by atoms with van der Waals surface area (Å²) in [7, 11) is -7.09. The summed E-state index contributed by atoms with van der Waals surface area (Å²) in [5.74, 6) is 0. The van der Waals surface area contributed by atoms with Gasteiger partial charge in [0.2, 0.25) is 0 Å². The summed E-state index contributed by atoms with van der Waals surface area (Å²) in [5, 5.41) is -0.298. The second kappa shape index (κ2) is 5.61. The molecule has 2 rings (SSSR count). The van der Waals surface area contributed by atoms with E-state index in [0.717, 1.165) is 12.5 Å². The van der Waals surface area contributed by atoms with Crippen LogP contribution in [0.15, 0.2) is 22.2 Å². The second-order valence-electron chi connectivity index (χ2n) is 4.42. The Bertz CT molecular complexity index is 979. The maximum absolute atomic E-state index is 11.6. The van der Waals surface area contributed by atoms with Crippen LogP contribution in [0.5, 0.6) is 0 Å². The number of rotatable bonds is 3. The Morgan fingerprint density at radius 2 is 1.14 bits per heavy atom. The van der Waals surface area contributed by atoms with E-state index in [9.17, 15) is 16.8 Å². The zero-order chi connectivity index (χ0) is 16.7. The molecule has 0 spiro atoms. The van der Waals surface area contributed by atoms with Crippen LogP contribution >= 0.6 is 24.4 Å². The van der Waals surface area contributed by atoms with Crippen molar-refractivity contribution < 1.29 is 16.8 Å². The molecule has 0 radical (unpaired) electrons. The highest BCUT2D eigenvalue weighted by Gasteiger charge is 2.15. The summed E-state index contributed by atoms with van der Waals surface area (Å²) in [5.41, 5.74) is 0.211. The first-order valence-corrected chi connectivity index (χ1v) is 10.2. The first-order valence-electron chi connectivity index (χ1n) is 5.60. The fourth-order valence-electron chi connectivity index (χ4n) is 1.53. The highest BCUT2D eigenvalue weighted by atomic mass is 32.2. The van der Waals surface area contributed by atoms with Crippen molar-refractivity contribution >= 4 is 44.1 Å². The summed E-state index contributed by atoms with van der Waals surface area (Å²) in [6, 6.07) is 2.43. The molecule has 0 aliphatic carbocycles. The molecule has 2 heterocycles. The van der Waals surface area contributed by atoms with Gasteiger partial charge in [-0.15, -0.1) is 0 Å². The molecule has 0 amide bonds. The molecule has 0 aliphatic rings. The van der Waals surface area contributed by atoms with Crippen LogP contribution in [0.1, 0.15) is 0 Å². The molecule has 0 saturated carbocycles. The molecule has 0 aliphatic heterocycles. The van der Waals surface area contributed by atoms with Gasteiger partial charge >= 0.3 is 0 Å². The van der Waals surface area contributed by atoms with Gasteiger partial charge in [-0.2, -0.15) is 0 Å². The molecule has 118 valence electrons. The molecule has 0 atom stereocenters. The van der Waals surface area contributed by atoms with E-state index in [1.165, 1.54) is 12.1 Å². The van der Waals surface area contributed by atoms with Crippen LogP contribution < -0.4 is 0 Å². The second-order valence-corrected chi connectivity index (χ2v) is 9.16. The predicted molar refractivity (Wildman–Crippen MR) is 84.1 cm³/mol. The lowest BCUT2D eigenvalue weighted by Gasteiger charge is -2.05. The van der Waals surface area contributed by atoms with Gasteiger partial charge in [-0.05, 0) is 24.4 Å². The number of hydrogen-bond donors (Lipinski definition) is 2. The van der Waals surface area contributed by atoms with Crippen molar-refractivity contribution in [2.45, 2.75) is 10.1 Å². The maximum Gasteiger partial charge on any atom is 0.198 e. The average molecular weight is 378 g/mol. The number of nitrogens with one attached hydrogen (secondary N) is 2. The highest BCUT2D eigenvalue weighted by Crippen LogP contribution is 2.19. The Labute approximate surface area is 136 Å². The van der Waals surface area contributed by atoms with Crippen molar-refractivity contribution in [1.29, 1.82) is 0 Å². The van der Waals surface area contributed by atoms with Crippen molar-refractivity contribution in [3.05, 3.63) is 21.7 Å². The molecule has 22 heavy (non-hydrogen) atoms. The topological polar surface area (TPSA) is 126 Å². The number of aromatic nitrogens is 4. The van der Waals surface area contributed by atoms with Gasteiger partial charge in [0.15, 0.2) is 29.2 Å². The molecule has 8 nitrogen and oxygen atoms in total. The average Bonchev–Trinajstić information content (AvgIpc) is 2.35. The van der Waals surface area contributed by atoms with Crippen LogP contribution in [-0.2, 0) is 19.7 Å². The van der Waals surface area contributed by atoms with Gasteiger partial charge in [-0.1, -0.05) is 0 Å². The Balaban J connectivity index is 2.78. The van der Waals surface area contributed by atoms with Crippen molar-refractivity contribution in [2.75, 3.05) is 12.5 Å². The van der Waals surface area contributed by atoms with E-state index < -0.39 is 19.7 Å². The first-order chi connectivity index (χ1) is 9.96. The molecule has 0 bridgehead atoms. The number of sulfone groups is 2. The van der Waals surface area contributed by atoms with Gasteiger partial charge in [-0.3, -0.25) is 0 Å². The molecule has 12 heteroatoms. The molecule has 0 saturated heterocycles. The Morgan fingerprint density at radius 1 is 0.818 bits per heavy atom. The predicted octanol–water partition coefficient (Wildman–Crippen LogP) is 1.07. The molecule has 0 unspecified atom stereocenters. The van der Waals surface area contributed by atoms with Crippen LogP contribution in [0.4, 0.5) is 0 Å². The van der Waals surface area contributed by atoms with Crippen molar-refractivity contribution in [1.82, 2.24) is 19.9 Å². The van der Waals surface area contributed by atoms with E-state index in [2.05, 4.69) is 19.9 Å². The molecule has 2 aromatic heterocycles. The highest BCUT2D eigenvalue weighted by molar-refractivity contribution is 7.90. The van der Waals surface area contributed by atoms with Crippen LogP contribution in [0.25, 0.3) is 11.4 Å². The third-order valence-corrected chi connectivity index (χ3v) is 4.93. The standard InChI is InChI=1S/C10H10N4O4S4/c1-21(15,16)7-3-5(11-9(19)13-7)6-4-8(22(2,17)18)14-10(20)12-6/h3-4H,1-2H3,(H,11,13,19)(H,12,14,20). The summed E-state index contributed by atoms with van der Waals surface area (Å²) >= 11 is 9.77. The summed E-state index contributed by atoms with van der Waals surface area (Å²) < 4.78 is 46.3. The monoisotopic (exact) mass is 378 g/mol. The van der Waals surface area contributed by atoms with Crippen LogP contribution in [0, 0.1) is 9.54 Å². The third kappa shape index (κ3) is 3.82. The lowest BCUT2D eigenvalue weighted by molar-refractivity contribution is 0.595. The van der Waals surface area contributed by atoms with Crippen LogP contribution in [0.3, 0.4) is 0 Å². The van der Waals surface area contributed by atoms with Gasteiger partial charge in [0, 0.05) is 24.6 Å². The Morgan fingerprint density at radius 3 is 1.41 bits per heavy atom. The summed E-state index contributed by atoms with van der Waals surface area (Å²) in [4.78, 5) is 12.8. The van der Waals surface area contributed by atoms with E-state index in [1.54, 1.807) is 0 Å². The Hall–Kier alpha value is -1.50. The smallest absolute Gasteiger partial charge is 0.198 e. The lowest BCUT2D eigenvalue weighted by Crippen LogP contribution is -2.05. The minimum absolute atomic E-state index is 0.0700. The number of aromatic amines is 2. The molecular weight excluding hydrogens is 368 g/mol. The van der Waals surface area contributed by atoms with Gasteiger partial charge in [-0.25, -0.2) is 26.8 Å². The lowest BCUT2D eigenvalue weighted by atomic mass is 10.3. The van der Waals surface area contributed by atoms with E-state index in [1.807, 2.05) is 0 Å². The van der Waals surface area contributed by atoms with E-state index in [-0.39, 0.29) is 31.0 Å². The normalized spacial score (nSPS) is 12.3. The zero-order valence-corrected chi connectivity index (χ0v) is 14.6. The fourth-order valence-corrected chi connectivity index (χ4v) is 3.29. The molecule has 2 N–H and O–H groups in total. The zero-order valence-electron chi connectivity index (χ0n) is 11.3. The van der Waals surface area contributed by atoms with Crippen molar-refractivity contribution in [3.63, 3.8) is 0 Å². The van der Waals surface area contributed by atoms with Crippen molar-refractivity contribution in [3.8, 4) is 11.4 Å². The fraction of sp³-hybridized carbons (Fsp3) is 0.200. The molecule has 2 aromatic rings. The van der Waals surface area contributed by atoms with Crippen molar-refractivity contribution in [2.24, 2.45) is 0 Å². The quantitative estimate of drug-likeness (QED) is 0.600. The first kappa shape index (κ1) is 16.9. The molecular formula is C10H10N4O4S4. The van der Waals surface area contributed by atoms with Crippen LogP contribution in [0.2, 0.25) is 0 Å². The van der Waals surface area contributed by atoms with Gasteiger partial charge in [0.25, 0.3) is 0 Å². The van der Waals surface area contributed by atoms with E-state index in [4.69, 9.17) is 24.4 Å². The number of hydrogen-bond acceptors (Lipinski definition) is 8. The Kier molecular flexibility index (Phi) is 4.30. The van der Waals surface area contributed by atoms with Gasteiger partial charge in [0.05, 0.1) is 11.4 Å². The molecule has 0 aromatic carbocycles. The maximum atomic E-state index is 11.6. The minimum Gasteiger partial charge on any atom is -0.321 e. The third-order valence-electron chi connectivity index (χ3n) is 2.50. The number of H-pyrrole nitrogens is 2. The van der Waals surface area contributed by atoms with E-state index >= 15 is 0 Å². The minimum atomic E-state index is -3.55. The molecule has 0 fully saturated rings. The van der Waals surface area contributed by atoms with Gasteiger partial charge < -0.3 is 9.97 Å². The van der Waals surface area contributed by atoms with Gasteiger partial charge in [0.1, 0.15) is 10.1 Å². The van der Waals surface area contributed by atoms with Crippen LogP contribution in [-0.4, -0.2) is 49.3 Å². The largest absolute Gasteiger partial charge is 0.321 e.